The number of rotatable bonds is 9. The summed E-state index contributed by atoms with van der Waals surface area (Å²) in [7, 11) is 8.53. The zero-order valence-corrected chi connectivity index (χ0v) is 23.1. The Morgan fingerprint density at radius 1 is 1.05 bits per heavy atom. The van der Waals surface area contributed by atoms with Crippen LogP contribution in [0, 0.1) is 0 Å². The number of aromatic nitrogens is 2. The Labute approximate surface area is 226 Å². The summed E-state index contributed by atoms with van der Waals surface area (Å²) in [5.41, 5.74) is 5.36. The number of carbonyl (C=O) groups excluding carboxylic acids is 1. The zero-order valence-electron chi connectivity index (χ0n) is 23.1. The summed E-state index contributed by atoms with van der Waals surface area (Å²) >= 11 is 0. The number of hydrogen-bond acceptors (Lipinski definition) is 6. The second-order valence-corrected chi connectivity index (χ2v) is 11.1. The van der Waals surface area contributed by atoms with Crippen LogP contribution in [-0.2, 0) is 11.3 Å². The van der Waals surface area contributed by atoms with Gasteiger partial charge in [-0.15, -0.1) is 0 Å². The van der Waals surface area contributed by atoms with Crippen molar-refractivity contribution in [3.05, 3.63) is 72.1 Å². The molecule has 38 heavy (non-hydrogen) atoms. The molecule has 3 aromatic rings. The standard InChI is InChI=1S/C30H40N6O2/c1-33(2)28-20-36(21-28)29(37)25-7-5-6-23(16-25)19-35(4)30(12-14-38-15-13-30)22-34(3)27-10-8-24(9-11-27)26-17-31-32-18-26/h5-11,16-18,28H,12-15,19-22H2,1-4H3,(H,31,32). The molecule has 2 aliphatic heterocycles. The maximum atomic E-state index is 13.1. The van der Waals surface area contributed by atoms with Crippen LogP contribution in [0.5, 0.6) is 0 Å². The molecular formula is C30H40N6O2. The normalized spacial score (nSPS) is 17.6. The van der Waals surface area contributed by atoms with Gasteiger partial charge in [-0.3, -0.25) is 14.8 Å². The summed E-state index contributed by atoms with van der Waals surface area (Å²) in [6.45, 7) is 4.81. The first-order valence-corrected chi connectivity index (χ1v) is 13.5. The summed E-state index contributed by atoms with van der Waals surface area (Å²) in [4.78, 5) is 22.0. The molecule has 2 aliphatic rings. The Bertz CT molecular complexity index is 1200. The molecule has 2 saturated heterocycles. The fourth-order valence-electron chi connectivity index (χ4n) is 5.64. The monoisotopic (exact) mass is 516 g/mol. The number of ether oxygens (including phenoxy) is 1. The summed E-state index contributed by atoms with van der Waals surface area (Å²) in [6, 6.07) is 17.3. The predicted octanol–water partition coefficient (Wildman–Crippen LogP) is 3.58. The molecule has 0 spiro atoms. The van der Waals surface area contributed by atoms with Gasteiger partial charge in [0.25, 0.3) is 5.91 Å². The fraction of sp³-hybridized carbons (Fsp3) is 0.467. The number of H-pyrrole nitrogens is 1. The van der Waals surface area contributed by atoms with Crippen LogP contribution < -0.4 is 4.90 Å². The lowest BCUT2D eigenvalue weighted by molar-refractivity contribution is -0.0168. The average molecular weight is 517 g/mol. The second-order valence-electron chi connectivity index (χ2n) is 11.1. The van der Waals surface area contributed by atoms with Gasteiger partial charge in [-0.2, -0.15) is 5.10 Å². The molecule has 8 nitrogen and oxygen atoms in total. The fourth-order valence-corrected chi connectivity index (χ4v) is 5.64. The predicted molar refractivity (Wildman–Crippen MR) is 151 cm³/mol. The van der Waals surface area contributed by atoms with Gasteiger partial charge in [0.2, 0.25) is 0 Å². The molecule has 0 bridgehead atoms. The molecule has 0 aliphatic carbocycles. The van der Waals surface area contributed by atoms with Crippen LogP contribution in [0.25, 0.3) is 11.1 Å². The Balaban J connectivity index is 1.27. The molecular weight excluding hydrogens is 476 g/mol. The Kier molecular flexibility index (Phi) is 7.83. The number of carbonyl (C=O) groups is 1. The van der Waals surface area contributed by atoms with Gasteiger partial charge in [-0.05, 0) is 69.4 Å². The van der Waals surface area contributed by atoms with Crippen molar-refractivity contribution in [2.24, 2.45) is 0 Å². The van der Waals surface area contributed by atoms with Gasteiger partial charge >= 0.3 is 0 Å². The maximum absolute atomic E-state index is 13.1. The van der Waals surface area contributed by atoms with Crippen LogP contribution in [0.15, 0.2) is 60.9 Å². The molecule has 8 heteroatoms. The molecule has 0 saturated carbocycles. The number of benzene rings is 2. The molecule has 5 rings (SSSR count). The highest BCUT2D eigenvalue weighted by atomic mass is 16.5. The lowest BCUT2D eigenvalue weighted by Crippen LogP contribution is -2.59. The molecule has 1 N–H and O–H groups in total. The van der Waals surface area contributed by atoms with Crippen LogP contribution in [0.4, 0.5) is 5.69 Å². The number of nitrogens with zero attached hydrogens (tertiary/aromatic N) is 5. The second kappa shape index (κ2) is 11.3. The molecule has 202 valence electrons. The molecule has 1 aromatic heterocycles. The third-order valence-electron chi connectivity index (χ3n) is 8.38. The van der Waals surface area contributed by atoms with Crippen LogP contribution >= 0.6 is 0 Å². The van der Waals surface area contributed by atoms with E-state index < -0.39 is 0 Å². The van der Waals surface area contributed by atoms with Crippen LogP contribution in [0.3, 0.4) is 0 Å². The Morgan fingerprint density at radius 3 is 2.45 bits per heavy atom. The van der Waals surface area contributed by atoms with E-state index in [0.717, 1.165) is 68.9 Å². The van der Waals surface area contributed by atoms with Crippen molar-refractivity contribution in [3.63, 3.8) is 0 Å². The van der Waals surface area contributed by atoms with Crippen molar-refractivity contribution in [2.75, 3.05) is 65.9 Å². The number of amides is 1. The maximum Gasteiger partial charge on any atom is 0.253 e. The quantitative estimate of drug-likeness (QED) is 0.469. The molecule has 2 aromatic carbocycles. The average Bonchev–Trinajstić information content (AvgIpc) is 3.43. The summed E-state index contributed by atoms with van der Waals surface area (Å²) < 4.78 is 5.78. The van der Waals surface area contributed by atoms with Gasteiger partial charge in [0.05, 0.1) is 6.20 Å². The van der Waals surface area contributed by atoms with Gasteiger partial charge in [0.1, 0.15) is 0 Å². The number of nitrogens with one attached hydrogen (secondary N) is 1. The van der Waals surface area contributed by atoms with Crippen molar-refractivity contribution in [3.8, 4) is 11.1 Å². The number of likely N-dealkylation sites (tertiary alicyclic amines) is 1. The minimum Gasteiger partial charge on any atom is -0.381 e. The highest BCUT2D eigenvalue weighted by Gasteiger charge is 2.38. The van der Waals surface area contributed by atoms with Crippen molar-refractivity contribution in [1.29, 1.82) is 0 Å². The molecule has 0 radical (unpaired) electrons. The van der Waals surface area contributed by atoms with Gasteiger partial charge in [0, 0.05) is 81.0 Å². The van der Waals surface area contributed by atoms with Crippen molar-refractivity contribution < 1.29 is 9.53 Å². The topological polar surface area (TPSA) is 67.9 Å². The lowest BCUT2D eigenvalue weighted by atomic mass is 9.87. The van der Waals surface area contributed by atoms with E-state index >= 15 is 0 Å². The van der Waals surface area contributed by atoms with Gasteiger partial charge in [-0.1, -0.05) is 24.3 Å². The molecule has 3 heterocycles. The molecule has 1 amide bonds. The first-order valence-electron chi connectivity index (χ1n) is 13.5. The van der Waals surface area contributed by atoms with E-state index in [0.29, 0.717) is 6.04 Å². The SMILES string of the molecule is CN(CC1(N(C)Cc2cccc(C(=O)N3CC(N(C)C)C3)c2)CCOCC1)c1ccc(-c2cn[nH]c2)cc1. The van der Waals surface area contributed by atoms with Gasteiger partial charge < -0.3 is 19.4 Å². The first-order chi connectivity index (χ1) is 18.3. The number of aromatic amines is 1. The van der Waals surface area contributed by atoms with Crippen molar-refractivity contribution >= 4 is 11.6 Å². The van der Waals surface area contributed by atoms with E-state index in [1.54, 1.807) is 0 Å². The van der Waals surface area contributed by atoms with Crippen molar-refractivity contribution in [1.82, 2.24) is 24.9 Å². The van der Waals surface area contributed by atoms with E-state index in [2.05, 4.69) is 89.5 Å². The van der Waals surface area contributed by atoms with E-state index in [1.165, 1.54) is 11.3 Å². The highest BCUT2D eigenvalue weighted by molar-refractivity contribution is 5.95. The zero-order chi connectivity index (χ0) is 26.7. The summed E-state index contributed by atoms with van der Waals surface area (Å²) in [5, 5.41) is 6.94. The molecule has 0 unspecified atom stereocenters. The largest absolute Gasteiger partial charge is 0.381 e. The number of anilines is 1. The van der Waals surface area contributed by atoms with E-state index in [9.17, 15) is 4.79 Å². The lowest BCUT2D eigenvalue weighted by Gasteiger charge is -2.47. The Morgan fingerprint density at radius 2 is 1.79 bits per heavy atom. The molecule has 0 atom stereocenters. The highest BCUT2D eigenvalue weighted by Crippen LogP contribution is 2.32. The summed E-state index contributed by atoms with van der Waals surface area (Å²) in [6.07, 6.45) is 5.70. The van der Waals surface area contributed by atoms with Crippen molar-refractivity contribution in [2.45, 2.75) is 31.0 Å². The number of likely N-dealkylation sites (N-methyl/N-ethyl adjacent to an activating group) is 3. The third kappa shape index (κ3) is 5.62. The van der Waals surface area contributed by atoms with Crippen LogP contribution in [0.2, 0.25) is 0 Å². The van der Waals surface area contributed by atoms with E-state index in [1.807, 2.05) is 29.4 Å². The smallest absolute Gasteiger partial charge is 0.253 e. The van der Waals surface area contributed by atoms with Gasteiger partial charge in [-0.25, -0.2) is 0 Å². The number of hydrogen-bond donors (Lipinski definition) is 1. The van der Waals surface area contributed by atoms with Crippen LogP contribution in [0.1, 0.15) is 28.8 Å². The minimum absolute atomic E-state index is 0.0212. The minimum atomic E-state index is -0.0212. The van der Waals surface area contributed by atoms with E-state index in [4.69, 9.17) is 4.74 Å². The molecule has 2 fully saturated rings. The van der Waals surface area contributed by atoms with Crippen LogP contribution in [-0.4, -0.2) is 103 Å². The first kappa shape index (κ1) is 26.4. The third-order valence-corrected chi connectivity index (χ3v) is 8.38. The van der Waals surface area contributed by atoms with Gasteiger partial charge in [0.15, 0.2) is 0 Å². The summed E-state index contributed by atoms with van der Waals surface area (Å²) in [5.74, 6) is 0.131. The Hall–Kier alpha value is -3.20. The van der Waals surface area contributed by atoms with E-state index in [-0.39, 0.29) is 11.4 Å².